The molecule has 0 spiro atoms. The Morgan fingerprint density at radius 3 is 2.10 bits per heavy atom. The van der Waals surface area contributed by atoms with E-state index in [1.807, 2.05) is 0 Å². The van der Waals surface area contributed by atoms with Crippen LogP contribution in [0.25, 0.3) is 10.8 Å². The van der Waals surface area contributed by atoms with Gasteiger partial charge in [0.15, 0.2) is 11.6 Å². The van der Waals surface area contributed by atoms with Gasteiger partial charge in [-0.05, 0) is 66.3 Å². The van der Waals surface area contributed by atoms with Crippen LogP contribution in [0.4, 0.5) is 26.3 Å². The Morgan fingerprint density at radius 1 is 0.700 bits per heavy atom. The van der Waals surface area contributed by atoms with Crippen molar-refractivity contribution in [3.63, 3.8) is 0 Å². The Morgan fingerprint density at radius 2 is 1.40 bits per heavy atom. The third-order valence-electron chi connectivity index (χ3n) is 6.79. The molecule has 0 fully saturated rings. The van der Waals surface area contributed by atoms with Crippen molar-refractivity contribution in [3.8, 4) is 11.5 Å². The van der Waals surface area contributed by atoms with Gasteiger partial charge in [-0.1, -0.05) is 56.2 Å². The summed E-state index contributed by atoms with van der Waals surface area (Å²) in [5.41, 5.74) is 1.73. The minimum absolute atomic E-state index is 0.0206. The predicted molar refractivity (Wildman–Crippen MR) is 143 cm³/mol. The molecular formula is C32H30F6O2. The molecule has 0 amide bonds. The maximum Gasteiger partial charge on any atom is 0.387 e. The Balaban J connectivity index is 1.40. The second-order valence-corrected chi connectivity index (χ2v) is 9.66. The number of fused-ring (bicyclic) bond motifs is 1. The van der Waals surface area contributed by atoms with Crippen LogP contribution >= 0.6 is 0 Å². The highest BCUT2D eigenvalue weighted by molar-refractivity contribution is 5.84. The van der Waals surface area contributed by atoms with Crippen molar-refractivity contribution in [3.05, 3.63) is 106 Å². The molecule has 0 aromatic heterocycles. The van der Waals surface area contributed by atoms with Gasteiger partial charge in [-0.2, -0.15) is 8.78 Å². The summed E-state index contributed by atoms with van der Waals surface area (Å²) in [7, 11) is 0. The normalized spacial score (nSPS) is 11.4. The van der Waals surface area contributed by atoms with E-state index in [9.17, 15) is 22.0 Å². The van der Waals surface area contributed by atoms with Crippen molar-refractivity contribution in [1.82, 2.24) is 0 Å². The van der Waals surface area contributed by atoms with Crippen LogP contribution in [-0.4, -0.2) is 13.2 Å². The molecule has 8 heteroatoms. The van der Waals surface area contributed by atoms with Gasteiger partial charge in [-0.3, -0.25) is 0 Å². The fraction of sp³-hybridized carbons (Fsp3) is 0.312. The highest BCUT2D eigenvalue weighted by Gasteiger charge is 2.14. The number of rotatable bonds is 13. The van der Waals surface area contributed by atoms with Crippen molar-refractivity contribution >= 4 is 10.8 Å². The van der Waals surface area contributed by atoms with E-state index >= 15 is 4.39 Å². The molecular weight excluding hydrogens is 530 g/mol. The van der Waals surface area contributed by atoms with Crippen molar-refractivity contribution in [2.24, 2.45) is 0 Å². The summed E-state index contributed by atoms with van der Waals surface area (Å²) in [4.78, 5) is 0. The Kier molecular flexibility index (Phi) is 9.96. The molecule has 2 nitrogen and oxygen atoms in total. The minimum atomic E-state index is -3.12. The molecule has 0 saturated carbocycles. The van der Waals surface area contributed by atoms with Crippen LogP contribution in [0.3, 0.4) is 0 Å². The maximum atomic E-state index is 15.2. The highest BCUT2D eigenvalue weighted by Crippen LogP contribution is 2.27. The summed E-state index contributed by atoms with van der Waals surface area (Å²) >= 11 is 0. The van der Waals surface area contributed by atoms with Crippen molar-refractivity contribution in [1.29, 1.82) is 0 Å². The second-order valence-electron chi connectivity index (χ2n) is 9.66. The summed E-state index contributed by atoms with van der Waals surface area (Å²) < 4.78 is 92.6. The van der Waals surface area contributed by atoms with Crippen LogP contribution in [-0.2, 0) is 25.7 Å². The molecule has 0 aliphatic carbocycles. The number of aryl methyl sites for hydroxylation is 3. The lowest BCUT2D eigenvalue weighted by Gasteiger charge is -2.11. The molecule has 0 radical (unpaired) electrons. The fourth-order valence-corrected chi connectivity index (χ4v) is 4.62. The topological polar surface area (TPSA) is 18.5 Å². The predicted octanol–water partition coefficient (Wildman–Crippen LogP) is 9.14. The van der Waals surface area contributed by atoms with E-state index in [0.29, 0.717) is 41.3 Å². The first-order valence-electron chi connectivity index (χ1n) is 13.3. The lowest BCUT2D eigenvalue weighted by Crippen LogP contribution is -2.04. The molecule has 0 heterocycles. The second kappa shape index (κ2) is 13.6. The van der Waals surface area contributed by atoms with Gasteiger partial charge in [0.2, 0.25) is 0 Å². The highest BCUT2D eigenvalue weighted by atomic mass is 19.3. The molecule has 4 aromatic carbocycles. The van der Waals surface area contributed by atoms with Gasteiger partial charge in [-0.15, -0.1) is 0 Å². The summed E-state index contributed by atoms with van der Waals surface area (Å²) in [5, 5.41) is 1.05. The number of alkyl halides is 2. The quantitative estimate of drug-likeness (QED) is 0.120. The van der Waals surface area contributed by atoms with Crippen molar-refractivity contribution in [2.75, 3.05) is 6.61 Å². The smallest absolute Gasteiger partial charge is 0.387 e. The van der Waals surface area contributed by atoms with Gasteiger partial charge in [0.1, 0.15) is 23.2 Å². The molecule has 0 aliphatic rings. The summed E-state index contributed by atoms with van der Waals surface area (Å²) in [6, 6.07) is 14.7. The van der Waals surface area contributed by atoms with Gasteiger partial charge >= 0.3 is 6.61 Å². The zero-order valence-electron chi connectivity index (χ0n) is 22.1. The van der Waals surface area contributed by atoms with E-state index in [0.717, 1.165) is 37.0 Å². The van der Waals surface area contributed by atoms with Crippen LogP contribution in [0.2, 0.25) is 0 Å². The SMILES string of the molecule is CCCCCOc1cc(F)c(CCc2ccc3c(F)c(CCc4ccc(OC(F)F)c(F)c4)ccc3c2)c(F)c1. The molecule has 0 unspecified atom stereocenters. The molecule has 40 heavy (non-hydrogen) atoms. The first-order chi connectivity index (χ1) is 19.2. The first-order valence-corrected chi connectivity index (χ1v) is 13.3. The maximum absolute atomic E-state index is 15.2. The zero-order chi connectivity index (χ0) is 28.6. The third kappa shape index (κ3) is 7.49. The standard InChI is InChI=1S/C32H30F6O2/c1-2-3-4-15-39-24-18-27(33)26(28(34)19-24)13-7-20-6-12-25-23(16-20)11-10-22(31(25)36)9-5-21-8-14-30(29(35)17-21)40-32(37)38/h6,8,10-12,14,16-19,32H,2-5,7,9,13,15H2,1H3. The molecule has 0 saturated heterocycles. The number of ether oxygens (including phenoxy) is 2. The average molecular weight is 561 g/mol. The number of hydrogen-bond donors (Lipinski definition) is 0. The van der Waals surface area contributed by atoms with Gasteiger partial charge in [0.25, 0.3) is 0 Å². The van der Waals surface area contributed by atoms with Crippen molar-refractivity contribution < 1.29 is 35.8 Å². The van der Waals surface area contributed by atoms with Gasteiger partial charge < -0.3 is 9.47 Å². The third-order valence-corrected chi connectivity index (χ3v) is 6.79. The zero-order valence-corrected chi connectivity index (χ0v) is 22.1. The van der Waals surface area contributed by atoms with Gasteiger partial charge in [0, 0.05) is 23.1 Å². The largest absolute Gasteiger partial charge is 0.493 e. The average Bonchev–Trinajstić information content (AvgIpc) is 2.91. The Hall–Kier alpha value is -3.68. The monoisotopic (exact) mass is 560 g/mol. The van der Waals surface area contributed by atoms with Crippen LogP contribution in [0, 0.1) is 23.3 Å². The number of hydrogen-bond acceptors (Lipinski definition) is 2. The molecule has 0 aliphatic heterocycles. The van der Waals surface area contributed by atoms with Gasteiger partial charge in [0.05, 0.1) is 6.61 Å². The minimum Gasteiger partial charge on any atom is -0.493 e. The molecule has 0 N–H and O–H groups in total. The van der Waals surface area contributed by atoms with E-state index < -0.39 is 35.6 Å². The fourth-order valence-electron chi connectivity index (χ4n) is 4.62. The summed E-state index contributed by atoms with van der Waals surface area (Å²) in [6.45, 7) is -0.654. The van der Waals surface area contributed by atoms with Crippen LogP contribution in [0.5, 0.6) is 11.5 Å². The number of unbranched alkanes of at least 4 members (excludes halogenated alkanes) is 2. The lowest BCUT2D eigenvalue weighted by molar-refractivity contribution is -0.0522. The summed E-state index contributed by atoms with van der Waals surface area (Å²) in [6.07, 6.45) is 3.90. The molecule has 0 atom stereocenters. The van der Waals surface area contributed by atoms with E-state index in [4.69, 9.17) is 4.74 Å². The van der Waals surface area contributed by atoms with Gasteiger partial charge in [-0.25, -0.2) is 17.6 Å². The molecule has 4 rings (SSSR count). The van der Waals surface area contributed by atoms with Crippen molar-refractivity contribution in [2.45, 2.75) is 58.5 Å². The Labute approximate surface area is 229 Å². The molecule has 4 aromatic rings. The van der Waals surface area contributed by atoms with E-state index in [1.54, 1.807) is 30.3 Å². The van der Waals surface area contributed by atoms with Crippen LogP contribution < -0.4 is 9.47 Å². The Bertz CT molecular complexity index is 1430. The molecule has 0 bridgehead atoms. The van der Waals surface area contributed by atoms with E-state index in [-0.39, 0.29) is 24.2 Å². The molecule has 212 valence electrons. The van der Waals surface area contributed by atoms with Crippen LogP contribution in [0.1, 0.15) is 48.4 Å². The van der Waals surface area contributed by atoms with Crippen LogP contribution in [0.15, 0.2) is 60.7 Å². The number of benzene rings is 4. The lowest BCUT2D eigenvalue weighted by atomic mass is 9.97. The van der Waals surface area contributed by atoms with E-state index in [2.05, 4.69) is 11.7 Å². The van der Waals surface area contributed by atoms with E-state index in [1.165, 1.54) is 18.2 Å². The summed E-state index contributed by atoms with van der Waals surface area (Å²) in [5.74, 6) is -2.99. The number of halogens is 6. The first kappa shape index (κ1) is 29.3.